The highest BCUT2D eigenvalue weighted by Gasteiger charge is 2.20. The number of carbonyl (C=O) groups is 2. The highest BCUT2D eigenvalue weighted by Crippen LogP contribution is 2.20. The number of methoxy groups -OCH3 is 1. The number of halogens is 1. The fraction of sp³-hybridized carbons (Fsp3) is 0.429. The first-order valence-electron chi connectivity index (χ1n) is 6.30. The van der Waals surface area contributed by atoms with Gasteiger partial charge in [0, 0.05) is 23.1 Å². The second-order valence-electron chi connectivity index (χ2n) is 4.57. The fourth-order valence-electron chi connectivity index (χ4n) is 2.23. The molecule has 5 heteroatoms. The number of likely N-dealkylation sites (tertiary alicyclic amines) is 1. The Hall–Kier alpha value is -1.36. The standard InChI is InChI=1S/C14H16BrNO3/c1-19-14(18)11-7-10(8-12(15)9-11)13(17)16-5-3-2-4-6-16/h7-9H,2-6H2,1H3. The molecule has 0 saturated carbocycles. The Morgan fingerprint density at radius 1 is 1.11 bits per heavy atom. The van der Waals surface area contributed by atoms with Crippen molar-refractivity contribution < 1.29 is 14.3 Å². The smallest absolute Gasteiger partial charge is 0.337 e. The van der Waals surface area contributed by atoms with E-state index < -0.39 is 5.97 Å². The van der Waals surface area contributed by atoms with Crippen molar-refractivity contribution in [2.75, 3.05) is 20.2 Å². The first-order chi connectivity index (χ1) is 9.11. The lowest BCUT2D eigenvalue weighted by atomic mass is 10.1. The van der Waals surface area contributed by atoms with Crippen molar-refractivity contribution in [2.24, 2.45) is 0 Å². The second kappa shape index (κ2) is 6.19. The van der Waals surface area contributed by atoms with E-state index in [4.69, 9.17) is 0 Å². The number of esters is 1. The van der Waals surface area contributed by atoms with Crippen LogP contribution in [0.25, 0.3) is 0 Å². The van der Waals surface area contributed by atoms with Crippen molar-refractivity contribution in [3.05, 3.63) is 33.8 Å². The summed E-state index contributed by atoms with van der Waals surface area (Å²) >= 11 is 3.32. The van der Waals surface area contributed by atoms with Crippen molar-refractivity contribution in [1.29, 1.82) is 0 Å². The van der Waals surface area contributed by atoms with Crippen LogP contribution in [0, 0.1) is 0 Å². The summed E-state index contributed by atoms with van der Waals surface area (Å²) in [6.45, 7) is 1.58. The van der Waals surface area contributed by atoms with Gasteiger partial charge in [-0.05, 0) is 37.5 Å². The van der Waals surface area contributed by atoms with E-state index in [0.29, 0.717) is 15.6 Å². The lowest BCUT2D eigenvalue weighted by Gasteiger charge is -2.26. The summed E-state index contributed by atoms with van der Waals surface area (Å²) in [5, 5.41) is 0. The summed E-state index contributed by atoms with van der Waals surface area (Å²) in [6.07, 6.45) is 3.27. The minimum atomic E-state index is -0.436. The van der Waals surface area contributed by atoms with Gasteiger partial charge in [0.05, 0.1) is 12.7 Å². The topological polar surface area (TPSA) is 46.6 Å². The van der Waals surface area contributed by atoms with Crippen molar-refractivity contribution in [2.45, 2.75) is 19.3 Å². The summed E-state index contributed by atoms with van der Waals surface area (Å²) in [5.74, 6) is -0.458. The van der Waals surface area contributed by atoms with Crippen LogP contribution >= 0.6 is 15.9 Å². The van der Waals surface area contributed by atoms with Gasteiger partial charge in [0.25, 0.3) is 5.91 Å². The summed E-state index contributed by atoms with van der Waals surface area (Å²) in [6, 6.07) is 4.98. The molecule has 0 spiro atoms. The van der Waals surface area contributed by atoms with Gasteiger partial charge in [-0.3, -0.25) is 4.79 Å². The van der Waals surface area contributed by atoms with Crippen molar-refractivity contribution in [3.8, 4) is 0 Å². The summed E-state index contributed by atoms with van der Waals surface area (Å²) < 4.78 is 5.39. The Kier molecular flexibility index (Phi) is 4.58. The SMILES string of the molecule is COC(=O)c1cc(Br)cc(C(=O)N2CCCCC2)c1. The van der Waals surface area contributed by atoms with Gasteiger partial charge < -0.3 is 9.64 Å². The van der Waals surface area contributed by atoms with Gasteiger partial charge >= 0.3 is 5.97 Å². The lowest BCUT2D eigenvalue weighted by Crippen LogP contribution is -2.35. The Morgan fingerprint density at radius 2 is 1.74 bits per heavy atom. The normalized spacial score (nSPS) is 15.2. The molecule has 1 aromatic rings. The molecule has 0 aliphatic carbocycles. The molecule has 0 radical (unpaired) electrons. The highest BCUT2D eigenvalue weighted by atomic mass is 79.9. The van der Waals surface area contributed by atoms with E-state index in [1.807, 2.05) is 4.90 Å². The van der Waals surface area contributed by atoms with Gasteiger partial charge in [0.1, 0.15) is 0 Å². The zero-order chi connectivity index (χ0) is 13.8. The minimum Gasteiger partial charge on any atom is -0.465 e. The molecule has 0 bridgehead atoms. The zero-order valence-corrected chi connectivity index (χ0v) is 12.4. The Morgan fingerprint density at radius 3 is 2.37 bits per heavy atom. The molecule has 2 rings (SSSR count). The molecular weight excluding hydrogens is 310 g/mol. The number of rotatable bonds is 2. The molecule has 1 heterocycles. The van der Waals surface area contributed by atoms with Gasteiger partial charge in [-0.2, -0.15) is 0 Å². The van der Waals surface area contributed by atoms with Gasteiger partial charge in [-0.25, -0.2) is 4.79 Å². The van der Waals surface area contributed by atoms with Crippen LogP contribution in [-0.4, -0.2) is 37.0 Å². The predicted molar refractivity (Wildman–Crippen MR) is 75.2 cm³/mol. The Labute approximate surface area is 120 Å². The molecule has 0 aromatic heterocycles. The van der Waals surface area contributed by atoms with Gasteiger partial charge in [0.2, 0.25) is 0 Å². The number of piperidine rings is 1. The number of ether oxygens (including phenoxy) is 1. The molecule has 1 aromatic carbocycles. The van der Waals surface area contributed by atoms with Crippen LogP contribution in [0.5, 0.6) is 0 Å². The van der Waals surface area contributed by atoms with E-state index in [1.54, 1.807) is 18.2 Å². The quantitative estimate of drug-likeness (QED) is 0.785. The lowest BCUT2D eigenvalue weighted by molar-refractivity contribution is 0.0600. The van der Waals surface area contributed by atoms with Crippen LogP contribution in [0.3, 0.4) is 0 Å². The van der Waals surface area contributed by atoms with Crippen molar-refractivity contribution in [3.63, 3.8) is 0 Å². The molecule has 1 saturated heterocycles. The predicted octanol–water partition coefficient (Wildman–Crippen LogP) is 2.86. The van der Waals surface area contributed by atoms with Gasteiger partial charge in [-0.15, -0.1) is 0 Å². The monoisotopic (exact) mass is 325 g/mol. The Bertz CT molecular complexity index is 495. The summed E-state index contributed by atoms with van der Waals surface area (Å²) in [7, 11) is 1.33. The highest BCUT2D eigenvalue weighted by molar-refractivity contribution is 9.10. The third kappa shape index (κ3) is 3.35. The molecule has 102 valence electrons. The third-order valence-electron chi connectivity index (χ3n) is 3.21. The van der Waals surface area contributed by atoms with Crippen LogP contribution in [-0.2, 0) is 4.74 Å². The van der Waals surface area contributed by atoms with Gasteiger partial charge in [0.15, 0.2) is 0 Å². The molecule has 19 heavy (non-hydrogen) atoms. The number of hydrogen-bond acceptors (Lipinski definition) is 3. The van der Waals surface area contributed by atoms with E-state index in [2.05, 4.69) is 20.7 Å². The molecule has 4 nitrogen and oxygen atoms in total. The van der Waals surface area contributed by atoms with E-state index in [-0.39, 0.29) is 5.91 Å². The van der Waals surface area contributed by atoms with Crippen molar-refractivity contribution >= 4 is 27.8 Å². The van der Waals surface area contributed by atoms with Crippen LogP contribution in [0.4, 0.5) is 0 Å². The molecule has 0 atom stereocenters. The zero-order valence-electron chi connectivity index (χ0n) is 10.8. The average Bonchev–Trinajstić information content (AvgIpc) is 2.45. The number of benzene rings is 1. The van der Waals surface area contributed by atoms with E-state index in [0.717, 1.165) is 25.9 Å². The summed E-state index contributed by atoms with van der Waals surface area (Å²) in [4.78, 5) is 25.8. The fourth-order valence-corrected chi connectivity index (χ4v) is 2.72. The largest absolute Gasteiger partial charge is 0.465 e. The maximum Gasteiger partial charge on any atom is 0.337 e. The van der Waals surface area contributed by atoms with Crippen LogP contribution in [0.15, 0.2) is 22.7 Å². The first kappa shape index (κ1) is 14.1. The number of carbonyl (C=O) groups excluding carboxylic acids is 2. The molecule has 1 aliphatic heterocycles. The number of hydrogen-bond donors (Lipinski definition) is 0. The molecule has 0 N–H and O–H groups in total. The minimum absolute atomic E-state index is 0.0221. The maximum absolute atomic E-state index is 12.4. The van der Waals surface area contributed by atoms with E-state index >= 15 is 0 Å². The van der Waals surface area contributed by atoms with Crippen LogP contribution in [0.1, 0.15) is 40.0 Å². The molecular formula is C14H16BrNO3. The molecule has 1 aliphatic rings. The molecule has 0 unspecified atom stereocenters. The van der Waals surface area contributed by atoms with E-state index in [1.165, 1.54) is 13.5 Å². The number of amides is 1. The third-order valence-corrected chi connectivity index (χ3v) is 3.67. The second-order valence-corrected chi connectivity index (χ2v) is 5.49. The summed E-state index contributed by atoms with van der Waals surface area (Å²) in [5.41, 5.74) is 0.911. The Balaban J connectivity index is 2.25. The average molecular weight is 326 g/mol. The first-order valence-corrected chi connectivity index (χ1v) is 7.09. The van der Waals surface area contributed by atoms with Crippen LogP contribution < -0.4 is 0 Å². The van der Waals surface area contributed by atoms with Crippen molar-refractivity contribution in [1.82, 2.24) is 4.90 Å². The number of nitrogens with zero attached hydrogens (tertiary/aromatic N) is 1. The molecule has 1 amide bonds. The maximum atomic E-state index is 12.4. The molecule has 1 fully saturated rings. The van der Waals surface area contributed by atoms with Gasteiger partial charge in [-0.1, -0.05) is 15.9 Å². The van der Waals surface area contributed by atoms with Crippen LogP contribution in [0.2, 0.25) is 0 Å². The van der Waals surface area contributed by atoms with E-state index in [9.17, 15) is 9.59 Å².